The lowest BCUT2D eigenvalue weighted by molar-refractivity contribution is 0.152. The van der Waals surface area contributed by atoms with Crippen molar-refractivity contribution >= 4 is 0 Å². The summed E-state index contributed by atoms with van der Waals surface area (Å²) < 4.78 is 0. The van der Waals surface area contributed by atoms with Gasteiger partial charge in [-0.05, 0) is 25.2 Å². The largest absolute Gasteiger partial charge is 0.394 e. The van der Waals surface area contributed by atoms with Crippen molar-refractivity contribution in [2.24, 2.45) is 5.92 Å². The summed E-state index contributed by atoms with van der Waals surface area (Å²) in [7, 11) is 0. The molecular weight excluding hydrogens is 150 g/mol. The minimum Gasteiger partial charge on any atom is -0.394 e. The van der Waals surface area contributed by atoms with E-state index < -0.39 is 0 Å². The van der Waals surface area contributed by atoms with E-state index in [1.807, 2.05) is 0 Å². The van der Waals surface area contributed by atoms with Crippen molar-refractivity contribution in [2.75, 3.05) is 6.61 Å². The van der Waals surface area contributed by atoms with Crippen molar-refractivity contribution in [3.05, 3.63) is 0 Å². The first kappa shape index (κ1) is 10.0. The normalized spacial score (nSPS) is 36.2. The van der Waals surface area contributed by atoms with Crippen LogP contribution in [0.2, 0.25) is 0 Å². The molecule has 0 heterocycles. The van der Waals surface area contributed by atoms with Crippen molar-refractivity contribution in [3.8, 4) is 0 Å². The highest BCUT2D eigenvalue weighted by Gasteiger charge is 2.36. The van der Waals surface area contributed by atoms with Gasteiger partial charge in [-0.25, -0.2) is 0 Å². The van der Waals surface area contributed by atoms with Crippen LogP contribution in [0, 0.1) is 5.92 Å². The number of aliphatic hydroxyl groups excluding tert-OH is 1. The second-order valence-electron chi connectivity index (χ2n) is 4.59. The molecule has 1 aliphatic carbocycles. The van der Waals surface area contributed by atoms with Crippen LogP contribution in [0.25, 0.3) is 0 Å². The quantitative estimate of drug-likeness (QED) is 0.675. The number of aliphatic hydroxyl groups is 1. The van der Waals surface area contributed by atoms with E-state index in [-0.39, 0.29) is 12.1 Å². The van der Waals surface area contributed by atoms with Crippen LogP contribution in [0.5, 0.6) is 0 Å². The molecule has 0 aliphatic heterocycles. The monoisotopic (exact) mass is 171 g/mol. The third kappa shape index (κ3) is 2.20. The molecule has 12 heavy (non-hydrogen) atoms. The molecule has 0 radical (unpaired) electrons. The molecule has 0 aromatic rings. The van der Waals surface area contributed by atoms with E-state index in [2.05, 4.69) is 26.1 Å². The van der Waals surface area contributed by atoms with E-state index in [0.717, 1.165) is 18.8 Å². The average molecular weight is 171 g/mol. The van der Waals surface area contributed by atoms with Crippen molar-refractivity contribution in [1.29, 1.82) is 0 Å². The second-order valence-corrected chi connectivity index (χ2v) is 4.59. The van der Waals surface area contributed by atoms with Gasteiger partial charge in [0.15, 0.2) is 0 Å². The number of hydrogen-bond acceptors (Lipinski definition) is 2. The van der Waals surface area contributed by atoms with Gasteiger partial charge in [-0.1, -0.05) is 20.8 Å². The molecule has 2 unspecified atom stereocenters. The maximum Gasteiger partial charge on any atom is 0.0613 e. The summed E-state index contributed by atoms with van der Waals surface area (Å²) >= 11 is 0. The molecule has 2 atom stereocenters. The number of rotatable bonds is 3. The predicted molar refractivity (Wildman–Crippen MR) is 51.1 cm³/mol. The Morgan fingerprint density at radius 2 is 2.25 bits per heavy atom. The Hall–Kier alpha value is -0.0800. The smallest absolute Gasteiger partial charge is 0.0613 e. The highest BCUT2D eigenvalue weighted by atomic mass is 16.3. The van der Waals surface area contributed by atoms with Gasteiger partial charge in [-0.3, -0.25) is 0 Å². The van der Waals surface area contributed by atoms with Gasteiger partial charge in [0.1, 0.15) is 0 Å². The fourth-order valence-electron chi connectivity index (χ4n) is 2.33. The van der Waals surface area contributed by atoms with Gasteiger partial charge in [-0.2, -0.15) is 0 Å². The lowest BCUT2D eigenvalue weighted by Gasteiger charge is -2.30. The summed E-state index contributed by atoms with van der Waals surface area (Å²) in [6.45, 7) is 6.83. The van der Waals surface area contributed by atoms with E-state index in [4.69, 9.17) is 0 Å². The fraction of sp³-hybridized carbons (Fsp3) is 1.00. The SMILES string of the molecule is CC1CCC(CO)(NC(C)C)C1. The van der Waals surface area contributed by atoms with Crippen molar-refractivity contribution < 1.29 is 5.11 Å². The molecule has 2 N–H and O–H groups in total. The minimum absolute atomic E-state index is 0.0353. The van der Waals surface area contributed by atoms with E-state index >= 15 is 0 Å². The molecule has 0 amide bonds. The van der Waals surface area contributed by atoms with E-state index in [9.17, 15) is 5.11 Å². The van der Waals surface area contributed by atoms with Crippen molar-refractivity contribution in [3.63, 3.8) is 0 Å². The van der Waals surface area contributed by atoms with Crippen LogP contribution in [0.3, 0.4) is 0 Å². The molecule has 0 aromatic heterocycles. The second kappa shape index (κ2) is 3.75. The van der Waals surface area contributed by atoms with E-state index in [1.165, 1.54) is 6.42 Å². The maximum absolute atomic E-state index is 9.32. The molecule has 0 aromatic carbocycles. The van der Waals surface area contributed by atoms with E-state index in [0.29, 0.717) is 6.04 Å². The lowest BCUT2D eigenvalue weighted by atomic mass is 9.96. The molecule has 2 nitrogen and oxygen atoms in total. The molecule has 1 rings (SSSR count). The highest BCUT2D eigenvalue weighted by Crippen LogP contribution is 2.34. The summed E-state index contributed by atoms with van der Waals surface area (Å²) in [6.07, 6.45) is 3.50. The first-order chi connectivity index (χ1) is 5.58. The van der Waals surface area contributed by atoms with Gasteiger partial charge in [0, 0.05) is 11.6 Å². The summed E-state index contributed by atoms with van der Waals surface area (Å²) in [6, 6.07) is 0.474. The third-order valence-electron chi connectivity index (χ3n) is 2.75. The third-order valence-corrected chi connectivity index (χ3v) is 2.75. The zero-order valence-electron chi connectivity index (χ0n) is 8.43. The van der Waals surface area contributed by atoms with Crippen LogP contribution in [0.4, 0.5) is 0 Å². The zero-order chi connectivity index (χ0) is 9.19. The Morgan fingerprint density at radius 1 is 1.58 bits per heavy atom. The van der Waals surface area contributed by atoms with Gasteiger partial charge in [0.25, 0.3) is 0 Å². The standard InChI is InChI=1S/C10H21NO/c1-8(2)11-10(7-12)5-4-9(3)6-10/h8-9,11-12H,4-7H2,1-3H3. The molecule has 72 valence electrons. The fourth-order valence-corrected chi connectivity index (χ4v) is 2.33. The Kier molecular flexibility index (Phi) is 3.13. The van der Waals surface area contributed by atoms with E-state index in [1.54, 1.807) is 0 Å². The van der Waals surface area contributed by atoms with Gasteiger partial charge in [0.2, 0.25) is 0 Å². The molecule has 0 saturated heterocycles. The van der Waals surface area contributed by atoms with Crippen LogP contribution in [-0.4, -0.2) is 23.3 Å². The number of hydrogen-bond donors (Lipinski definition) is 2. The first-order valence-electron chi connectivity index (χ1n) is 4.96. The Labute approximate surface area is 75.4 Å². The molecular formula is C10H21NO. The molecule has 2 heteroatoms. The van der Waals surface area contributed by atoms with Gasteiger partial charge in [0.05, 0.1) is 6.61 Å². The minimum atomic E-state index is 0.0353. The van der Waals surface area contributed by atoms with Crippen LogP contribution in [0.1, 0.15) is 40.0 Å². The predicted octanol–water partition coefficient (Wildman–Crippen LogP) is 1.54. The molecule has 1 fully saturated rings. The van der Waals surface area contributed by atoms with Crippen molar-refractivity contribution in [1.82, 2.24) is 5.32 Å². The Balaban J connectivity index is 2.52. The zero-order valence-corrected chi connectivity index (χ0v) is 8.43. The molecule has 1 aliphatic rings. The van der Waals surface area contributed by atoms with Crippen molar-refractivity contribution in [2.45, 2.75) is 51.6 Å². The summed E-state index contributed by atoms with van der Waals surface area (Å²) in [4.78, 5) is 0. The number of nitrogens with one attached hydrogen (secondary N) is 1. The van der Waals surface area contributed by atoms with Crippen LogP contribution in [-0.2, 0) is 0 Å². The summed E-state index contributed by atoms with van der Waals surface area (Å²) in [5, 5.41) is 12.8. The Morgan fingerprint density at radius 3 is 2.58 bits per heavy atom. The highest BCUT2D eigenvalue weighted by molar-refractivity contribution is 4.95. The average Bonchev–Trinajstić information content (AvgIpc) is 2.32. The van der Waals surface area contributed by atoms with Gasteiger partial charge >= 0.3 is 0 Å². The topological polar surface area (TPSA) is 32.3 Å². The van der Waals surface area contributed by atoms with Gasteiger partial charge < -0.3 is 10.4 Å². The van der Waals surface area contributed by atoms with Crippen LogP contribution >= 0.6 is 0 Å². The van der Waals surface area contributed by atoms with Gasteiger partial charge in [-0.15, -0.1) is 0 Å². The summed E-state index contributed by atoms with van der Waals surface area (Å²) in [5.74, 6) is 0.767. The molecule has 1 saturated carbocycles. The van der Waals surface area contributed by atoms with Crippen LogP contribution in [0.15, 0.2) is 0 Å². The summed E-state index contributed by atoms with van der Waals surface area (Å²) in [5.41, 5.74) is 0.0353. The molecule has 0 spiro atoms. The van der Waals surface area contributed by atoms with Crippen LogP contribution < -0.4 is 5.32 Å². The first-order valence-corrected chi connectivity index (χ1v) is 4.96. The maximum atomic E-state index is 9.32. The lowest BCUT2D eigenvalue weighted by Crippen LogP contribution is -2.49. The Bertz CT molecular complexity index is 147. The molecule has 0 bridgehead atoms.